The zero-order valence-electron chi connectivity index (χ0n) is 19.1. The van der Waals surface area contributed by atoms with Crippen molar-refractivity contribution in [2.45, 2.75) is 19.3 Å². The van der Waals surface area contributed by atoms with E-state index in [2.05, 4.69) is 32.2 Å². The first kappa shape index (κ1) is 20.9. The van der Waals surface area contributed by atoms with Crippen LogP contribution in [0.1, 0.15) is 19.3 Å². The van der Waals surface area contributed by atoms with Crippen LogP contribution in [0.5, 0.6) is 0 Å². The van der Waals surface area contributed by atoms with Crippen molar-refractivity contribution in [1.82, 2.24) is 24.9 Å². The summed E-state index contributed by atoms with van der Waals surface area (Å²) in [6, 6.07) is 16.2. The van der Waals surface area contributed by atoms with Crippen molar-refractivity contribution in [2.24, 2.45) is 0 Å². The number of ether oxygens (including phenoxy) is 1. The van der Waals surface area contributed by atoms with Gasteiger partial charge in [-0.3, -0.25) is 0 Å². The Bertz CT molecular complexity index is 1190. The number of fused-ring (bicyclic) bond motifs is 1. The highest BCUT2D eigenvalue weighted by Crippen LogP contribution is 2.25. The van der Waals surface area contributed by atoms with Crippen LogP contribution in [0.3, 0.4) is 0 Å². The Morgan fingerprint density at radius 3 is 2.18 bits per heavy atom. The average molecular weight is 457 g/mol. The summed E-state index contributed by atoms with van der Waals surface area (Å²) in [6.45, 7) is 4.92. The van der Waals surface area contributed by atoms with Gasteiger partial charge in [-0.2, -0.15) is 15.0 Å². The van der Waals surface area contributed by atoms with Gasteiger partial charge in [-0.1, -0.05) is 12.1 Å². The third kappa shape index (κ3) is 4.38. The molecule has 2 saturated heterocycles. The number of hydrogen-bond acceptors (Lipinski definition) is 8. The molecular formula is C25H28N8O. The molecule has 0 radical (unpaired) electrons. The number of morpholine rings is 1. The Morgan fingerprint density at radius 2 is 1.44 bits per heavy atom. The van der Waals surface area contributed by atoms with E-state index in [9.17, 15) is 0 Å². The van der Waals surface area contributed by atoms with Gasteiger partial charge in [0, 0.05) is 37.4 Å². The maximum atomic E-state index is 5.51. The molecule has 2 N–H and O–H groups in total. The molecule has 4 aromatic rings. The van der Waals surface area contributed by atoms with Gasteiger partial charge in [0.2, 0.25) is 17.8 Å². The Morgan fingerprint density at radius 1 is 0.735 bits per heavy atom. The van der Waals surface area contributed by atoms with Crippen LogP contribution in [0.25, 0.3) is 22.4 Å². The molecule has 9 nitrogen and oxygen atoms in total. The van der Waals surface area contributed by atoms with E-state index >= 15 is 0 Å². The molecular weight excluding hydrogens is 428 g/mol. The van der Waals surface area contributed by atoms with Crippen LogP contribution in [0, 0.1) is 0 Å². The van der Waals surface area contributed by atoms with Crippen LogP contribution >= 0.6 is 0 Å². The van der Waals surface area contributed by atoms with Crippen molar-refractivity contribution < 1.29 is 4.74 Å². The zero-order chi connectivity index (χ0) is 22.7. The van der Waals surface area contributed by atoms with E-state index in [1.165, 1.54) is 19.3 Å². The number of anilines is 4. The fourth-order valence-electron chi connectivity index (χ4n) is 4.48. The topological polar surface area (TPSA) is 95.1 Å². The number of benzene rings is 2. The quantitative estimate of drug-likeness (QED) is 0.466. The summed E-state index contributed by atoms with van der Waals surface area (Å²) < 4.78 is 5.51. The highest BCUT2D eigenvalue weighted by atomic mass is 16.5. The molecule has 0 aliphatic carbocycles. The summed E-state index contributed by atoms with van der Waals surface area (Å²) in [7, 11) is 0. The number of aromatic amines is 1. The Kier molecular flexibility index (Phi) is 5.68. The lowest BCUT2D eigenvalue weighted by atomic mass is 10.1. The molecule has 2 aromatic heterocycles. The number of H-pyrrole nitrogens is 1. The number of hydrogen-bond donors (Lipinski definition) is 2. The summed E-state index contributed by atoms with van der Waals surface area (Å²) in [5.74, 6) is 2.88. The standard InChI is InChI=1S/C25H28N8O/c1-4-12-32(13-5-1)24-29-23(30-25(31-24)33-14-16-34-17-15-33)26-19-10-8-18(9-11-19)22-27-20-6-2-3-7-21(20)28-22/h2-3,6-11H,1,4-5,12-17H2,(H,27,28)(H,26,29,30,31). The van der Waals surface area contributed by atoms with Crippen molar-refractivity contribution in [3.05, 3.63) is 48.5 Å². The molecule has 34 heavy (non-hydrogen) atoms. The lowest BCUT2D eigenvalue weighted by molar-refractivity contribution is 0.122. The third-order valence-corrected chi connectivity index (χ3v) is 6.35. The largest absolute Gasteiger partial charge is 0.378 e. The fourth-order valence-corrected chi connectivity index (χ4v) is 4.48. The van der Waals surface area contributed by atoms with Gasteiger partial charge in [0.05, 0.1) is 24.2 Å². The maximum Gasteiger partial charge on any atom is 0.233 e. The minimum atomic E-state index is 0.563. The van der Waals surface area contributed by atoms with Crippen LogP contribution in [-0.4, -0.2) is 64.3 Å². The van der Waals surface area contributed by atoms with Crippen LogP contribution in [0.2, 0.25) is 0 Å². The maximum absolute atomic E-state index is 5.51. The highest BCUT2D eigenvalue weighted by Gasteiger charge is 2.20. The van der Waals surface area contributed by atoms with Gasteiger partial charge in [0.25, 0.3) is 0 Å². The van der Waals surface area contributed by atoms with Crippen LogP contribution in [0.4, 0.5) is 23.5 Å². The molecule has 2 fully saturated rings. The van der Waals surface area contributed by atoms with Crippen LogP contribution in [-0.2, 0) is 4.74 Å². The Labute approximate surface area is 198 Å². The molecule has 0 amide bonds. The van der Waals surface area contributed by atoms with Gasteiger partial charge in [-0.15, -0.1) is 0 Å². The monoisotopic (exact) mass is 456 g/mol. The highest BCUT2D eigenvalue weighted by molar-refractivity contribution is 5.79. The minimum Gasteiger partial charge on any atom is -0.378 e. The van der Waals surface area contributed by atoms with E-state index in [1.807, 2.05) is 36.4 Å². The predicted molar refractivity (Wildman–Crippen MR) is 134 cm³/mol. The van der Waals surface area contributed by atoms with Gasteiger partial charge in [0.1, 0.15) is 5.82 Å². The molecule has 6 rings (SSSR count). The van der Waals surface area contributed by atoms with Gasteiger partial charge < -0.3 is 24.8 Å². The number of imidazole rings is 1. The first-order valence-electron chi connectivity index (χ1n) is 12.0. The molecule has 0 bridgehead atoms. The number of nitrogens with zero attached hydrogens (tertiary/aromatic N) is 6. The SMILES string of the molecule is c1ccc2[nH]c(-c3ccc(Nc4nc(N5CCCCC5)nc(N5CCOCC5)n4)cc3)nc2c1. The third-order valence-electron chi connectivity index (χ3n) is 6.35. The molecule has 0 atom stereocenters. The summed E-state index contributed by atoms with van der Waals surface area (Å²) >= 11 is 0. The molecule has 2 aliphatic rings. The van der Waals surface area contributed by atoms with E-state index in [4.69, 9.17) is 24.7 Å². The van der Waals surface area contributed by atoms with Crippen molar-refractivity contribution in [1.29, 1.82) is 0 Å². The second kappa shape index (κ2) is 9.26. The molecule has 9 heteroatoms. The van der Waals surface area contributed by atoms with Crippen LogP contribution in [0.15, 0.2) is 48.5 Å². The lowest BCUT2D eigenvalue weighted by Crippen LogP contribution is -2.38. The molecule has 2 aromatic carbocycles. The predicted octanol–water partition coefficient (Wildman–Crippen LogP) is 3.99. The summed E-state index contributed by atoms with van der Waals surface area (Å²) in [5, 5.41) is 3.39. The molecule has 0 spiro atoms. The van der Waals surface area contributed by atoms with Gasteiger partial charge in [0.15, 0.2) is 0 Å². The first-order valence-corrected chi connectivity index (χ1v) is 12.0. The van der Waals surface area contributed by atoms with E-state index in [1.54, 1.807) is 0 Å². The minimum absolute atomic E-state index is 0.563. The number of aromatic nitrogens is 5. The van der Waals surface area contributed by atoms with E-state index in [-0.39, 0.29) is 0 Å². The molecule has 0 saturated carbocycles. The second-order valence-corrected chi connectivity index (χ2v) is 8.71. The average Bonchev–Trinajstić information content (AvgIpc) is 3.34. The van der Waals surface area contributed by atoms with Crippen molar-refractivity contribution in [2.75, 3.05) is 54.5 Å². The Hall–Kier alpha value is -3.72. The second-order valence-electron chi connectivity index (χ2n) is 8.71. The lowest BCUT2D eigenvalue weighted by Gasteiger charge is -2.30. The van der Waals surface area contributed by atoms with E-state index in [0.717, 1.165) is 60.2 Å². The summed E-state index contributed by atoms with van der Waals surface area (Å²) in [6.07, 6.45) is 3.61. The fraction of sp³-hybridized carbons (Fsp3) is 0.360. The Balaban J connectivity index is 1.26. The number of piperidine rings is 1. The summed E-state index contributed by atoms with van der Waals surface area (Å²) in [5.41, 5.74) is 3.94. The number of rotatable bonds is 5. The van der Waals surface area contributed by atoms with Crippen LogP contribution < -0.4 is 15.1 Å². The molecule has 4 heterocycles. The molecule has 0 unspecified atom stereocenters. The summed E-state index contributed by atoms with van der Waals surface area (Å²) in [4.78, 5) is 26.9. The van der Waals surface area contributed by atoms with E-state index in [0.29, 0.717) is 25.1 Å². The van der Waals surface area contributed by atoms with Crippen molar-refractivity contribution in [3.63, 3.8) is 0 Å². The normalized spacial score (nSPS) is 16.7. The molecule has 174 valence electrons. The zero-order valence-corrected chi connectivity index (χ0v) is 19.1. The smallest absolute Gasteiger partial charge is 0.233 e. The van der Waals surface area contributed by atoms with Crippen molar-refractivity contribution in [3.8, 4) is 11.4 Å². The van der Waals surface area contributed by atoms with Gasteiger partial charge >= 0.3 is 0 Å². The number of para-hydroxylation sites is 2. The number of nitrogens with one attached hydrogen (secondary N) is 2. The molecule has 2 aliphatic heterocycles. The van der Waals surface area contributed by atoms with E-state index < -0.39 is 0 Å². The van der Waals surface area contributed by atoms with Crippen molar-refractivity contribution >= 4 is 34.6 Å². The first-order chi connectivity index (χ1) is 16.8. The van der Waals surface area contributed by atoms with Gasteiger partial charge in [-0.25, -0.2) is 4.98 Å². The van der Waals surface area contributed by atoms with Gasteiger partial charge in [-0.05, 0) is 55.7 Å².